The fourth-order valence-electron chi connectivity index (χ4n) is 4.27. The highest BCUT2D eigenvalue weighted by molar-refractivity contribution is 5.91. The summed E-state index contributed by atoms with van der Waals surface area (Å²) in [4.78, 5) is 40.6. The summed E-state index contributed by atoms with van der Waals surface area (Å²) in [5.74, 6) is 0.911. The van der Waals surface area contributed by atoms with Gasteiger partial charge in [0.15, 0.2) is 0 Å². The minimum atomic E-state index is -0.183. The molecule has 0 unspecified atom stereocenters. The molecule has 1 amide bonds. The molecule has 9 nitrogen and oxygen atoms in total. The molecule has 2 aromatic rings. The summed E-state index contributed by atoms with van der Waals surface area (Å²) in [5.41, 5.74) is 3.41. The van der Waals surface area contributed by atoms with E-state index < -0.39 is 0 Å². The molecule has 1 fully saturated rings. The molecule has 29 heavy (non-hydrogen) atoms. The third-order valence-electron chi connectivity index (χ3n) is 6.30. The number of likely N-dealkylation sites (N-methyl/N-ethyl adjacent to an activating group) is 1. The fourth-order valence-corrected chi connectivity index (χ4v) is 4.27. The van der Waals surface area contributed by atoms with Crippen LogP contribution in [0.2, 0.25) is 0 Å². The first-order chi connectivity index (χ1) is 13.8. The second-order valence-electron chi connectivity index (χ2n) is 8.34. The molecule has 2 aliphatic heterocycles. The molecule has 0 bridgehead atoms. The Bertz CT molecular complexity index is 1010. The smallest absolute Gasteiger partial charge is 0.292 e. The number of H-pyrrole nitrogens is 1. The van der Waals surface area contributed by atoms with Crippen molar-refractivity contribution in [3.05, 3.63) is 38.7 Å². The van der Waals surface area contributed by atoms with Gasteiger partial charge in [-0.2, -0.15) is 0 Å². The number of carbonyl (C=O) groups excluding carboxylic acids is 1. The van der Waals surface area contributed by atoms with Gasteiger partial charge in [-0.3, -0.25) is 19.4 Å². The van der Waals surface area contributed by atoms with Gasteiger partial charge in [0.05, 0.1) is 12.2 Å². The van der Waals surface area contributed by atoms with Gasteiger partial charge in [0.1, 0.15) is 5.82 Å². The van der Waals surface area contributed by atoms with Crippen molar-refractivity contribution in [2.75, 3.05) is 38.6 Å². The van der Waals surface area contributed by atoms with Gasteiger partial charge in [-0.1, -0.05) is 0 Å². The number of aromatic nitrogens is 4. The van der Waals surface area contributed by atoms with Crippen LogP contribution in [0.25, 0.3) is 0 Å². The van der Waals surface area contributed by atoms with Crippen LogP contribution in [-0.2, 0) is 20.0 Å². The Hall–Kier alpha value is -2.68. The molecule has 0 aliphatic carbocycles. The van der Waals surface area contributed by atoms with Crippen LogP contribution >= 0.6 is 0 Å². The number of anilines is 1. The molecule has 1 atom stereocenters. The molecular weight excluding hydrogens is 370 g/mol. The van der Waals surface area contributed by atoms with Crippen LogP contribution < -0.4 is 10.5 Å². The lowest BCUT2D eigenvalue weighted by Crippen LogP contribution is -2.38. The highest BCUT2D eigenvalue weighted by Crippen LogP contribution is 2.26. The lowest BCUT2D eigenvalue weighted by molar-refractivity contribution is 0.0717. The molecule has 1 saturated heterocycles. The summed E-state index contributed by atoms with van der Waals surface area (Å²) < 4.78 is 1.70. The number of hydrogen-bond acceptors (Lipinski definition) is 6. The molecule has 2 aliphatic rings. The Morgan fingerprint density at radius 1 is 1.21 bits per heavy atom. The van der Waals surface area contributed by atoms with E-state index in [1.54, 1.807) is 16.6 Å². The van der Waals surface area contributed by atoms with E-state index in [0.29, 0.717) is 25.6 Å². The molecule has 2 aromatic heterocycles. The van der Waals surface area contributed by atoms with Gasteiger partial charge >= 0.3 is 0 Å². The first kappa shape index (κ1) is 19.6. The highest BCUT2D eigenvalue weighted by Gasteiger charge is 2.30. The maximum atomic E-state index is 13.2. The molecule has 9 heteroatoms. The van der Waals surface area contributed by atoms with Crippen molar-refractivity contribution in [1.29, 1.82) is 0 Å². The number of hydrogen-bond donors (Lipinski definition) is 1. The molecule has 4 rings (SSSR count). The zero-order valence-corrected chi connectivity index (χ0v) is 17.8. The van der Waals surface area contributed by atoms with E-state index in [-0.39, 0.29) is 17.3 Å². The average molecular weight is 399 g/mol. The number of aromatic amines is 1. The van der Waals surface area contributed by atoms with E-state index >= 15 is 0 Å². The van der Waals surface area contributed by atoms with Crippen molar-refractivity contribution in [3.8, 4) is 0 Å². The minimum Gasteiger partial charge on any atom is -0.355 e. The van der Waals surface area contributed by atoms with Crippen LogP contribution in [0.4, 0.5) is 5.82 Å². The van der Waals surface area contributed by atoms with Gasteiger partial charge in [0.25, 0.3) is 11.5 Å². The maximum absolute atomic E-state index is 13.2. The normalized spacial score (nSPS) is 19.2. The van der Waals surface area contributed by atoms with Gasteiger partial charge in [0, 0.05) is 49.5 Å². The summed E-state index contributed by atoms with van der Waals surface area (Å²) in [7, 11) is 5.99. The molecule has 0 radical (unpaired) electrons. The van der Waals surface area contributed by atoms with E-state index in [0.717, 1.165) is 47.8 Å². The Labute approximate surface area is 170 Å². The Morgan fingerprint density at radius 3 is 2.66 bits per heavy atom. The standard InChI is InChI=1S/C20H29N7O2/c1-12-13(2)21-17(22-18(12)26-8-6-14(10-26)24(3)4)20(29)27-9-7-15-16(11-27)25(5)23-19(15)28/h14H,6-11H2,1-5H3,(H,23,28)/t14-/m1/s1. The summed E-state index contributed by atoms with van der Waals surface area (Å²) >= 11 is 0. The van der Waals surface area contributed by atoms with Crippen molar-refractivity contribution < 1.29 is 4.79 Å². The van der Waals surface area contributed by atoms with Crippen LogP contribution in [0.15, 0.2) is 4.79 Å². The lowest BCUT2D eigenvalue weighted by atomic mass is 10.1. The summed E-state index contributed by atoms with van der Waals surface area (Å²) in [5, 5.41) is 2.77. The van der Waals surface area contributed by atoms with E-state index in [1.807, 2.05) is 13.8 Å². The molecule has 0 spiro atoms. The largest absolute Gasteiger partial charge is 0.355 e. The predicted molar refractivity (Wildman–Crippen MR) is 110 cm³/mol. The number of nitrogens with one attached hydrogen (secondary N) is 1. The lowest BCUT2D eigenvalue weighted by Gasteiger charge is -2.27. The van der Waals surface area contributed by atoms with Crippen molar-refractivity contribution >= 4 is 11.7 Å². The van der Waals surface area contributed by atoms with E-state index in [4.69, 9.17) is 4.98 Å². The van der Waals surface area contributed by atoms with Crippen LogP contribution in [0, 0.1) is 13.8 Å². The first-order valence-electron chi connectivity index (χ1n) is 10.1. The Morgan fingerprint density at radius 2 is 1.97 bits per heavy atom. The van der Waals surface area contributed by atoms with Crippen molar-refractivity contribution in [2.45, 2.75) is 39.3 Å². The fraction of sp³-hybridized carbons (Fsp3) is 0.600. The van der Waals surface area contributed by atoms with Crippen LogP contribution in [0.1, 0.15) is 39.6 Å². The monoisotopic (exact) mass is 399 g/mol. The van der Waals surface area contributed by atoms with Gasteiger partial charge in [-0.05, 0) is 40.8 Å². The third kappa shape index (κ3) is 3.43. The first-order valence-corrected chi connectivity index (χ1v) is 10.1. The van der Waals surface area contributed by atoms with Crippen molar-refractivity contribution in [2.24, 2.45) is 7.05 Å². The van der Waals surface area contributed by atoms with E-state index in [1.165, 1.54) is 0 Å². The SMILES string of the molecule is Cc1nc(C(=O)N2CCc3c(n(C)[nH]c3=O)C2)nc(N2CC[C@@H](N(C)C)C2)c1C. The molecule has 0 saturated carbocycles. The number of aryl methyl sites for hydroxylation is 2. The highest BCUT2D eigenvalue weighted by atomic mass is 16.2. The molecular formula is C20H29N7O2. The topological polar surface area (TPSA) is 90.4 Å². The van der Waals surface area contributed by atoms with Crippen LogP contribution in [0.3, 0.4) is 0 Å². The van der Waals surface area contributed by atoms with Gasteiger partial charge in [-0.25, -0.2) is 9.97 Å². The summed E-state index contributed by atoms with van der Waals surface area (Å²) in [6.45, 7) is 6.66. The third-order valence-corrected chi connectivity index (χ3v) is 6.30. The molecule has 0 aromatic carbocycles. The zero-order valence-electron chi connectivity index (χ0n) is 17.8. The van der Waals surface area contributed by atoms with E-state index in [9.17, 15) is 9.59 Å². The number of carbonyl (C=O) groups is 1. The number of fused-ring (bicyclic) bond motifs is 1. The Balaban J connectivity index is 1.60. The van der Waals surface area contributed by atoms with Crippen LogP contribution in [0.5, 0.6) is 0 Å². The quantitative estimate of drug-likeness (QED) is 0.806. The van der Waals surface area contributed by atoms with Crippen molar-refractivity contribution in [3.63, 3.8) is 0 Å². The maximum Gasteiger partial charge on any atom is 0.292 e. The van der Waals surface area contributed by atoms with E-state index in [2.05, 4.69) is 34.0 Å². The summed E-state index contributed by atoms with van der Waals surface area (Å²) in [6, 6.07) is 0.485. The minimum absolute atomic E-state index is 0.0659. The Kier molecular flexibility index (Phi) is 4.94. The van der Waals surface area contributed by atoms with Gasteiger partial charge < -0.3 is 14.7 Å². The number of amides is 1. The molecule has 4 heterocycles. The van der Waals surface area contributed by atoms with Gasteiger partial charge in [0.2, 0.25) is 5.82 Å². The number of nitrogens with zero attached hydrogens (tertiary/aromatic N) is 6. The number of rotatable bonds is 3. The second kappa shape index (κ2) is 7.29. The predicted octanol–water partition coefficient (Wildman–Crippen LogP) is 0.459. The zero-order chi connectivity index (χ0) is 20.9. The molecule has 1 N–H and O–H groups in total. The van der Waals surface area contributed by atoms with Crippen molar-refractivity contribution in [1.82, 2.24) is 29.5 Å². The van der Waals surface area contributed by atoms with Crippen LogP contribution in [-0.4, -0.2) is 75.2 Å². The average Bonchev–Trinajstić information content (AvgIpc) is 3.28. The van der Waals surface area contributed by atoms with Gasteiger partial charge in [-0.15, -0.1) is 0 Å². The molecule has 156 valence electrons. The second-order valence-corrected chi connectivity index (χ2v) is 8.34. The summed E-state index contributed by atoms with van der Waals surface area (Å²) in [6.07, 6.45) is 1.63.